The molecular formula is C12H16ClNO2S. The first-order chi connectivity index (χ1) is 8.04. The fourth-order valence-corrected chi connectivity index (χ4v) is 4.43. The minimum absolute atomic E-state index is 0.0991. The molecule has 17 heavy (non-hydrogen) atoms. The lowest BCUT2D eigenvalue weighted by molar-refractivity contribution is 0.586. The van der Waals surface area contributed by atoms with Gasteiger partial charge in [-0.3, -0.25) is 0 Å². The predicted molar refractivity (Wildman–Crippen MR) is 69.4 cm³/mol. The van der Waals surface area contributed by atoms with E-state index < -0.39 is 9.84 Å². The van der Waals surface area contributed by atoms with Gasteiger partial charge in [-0.15, -0.1) is 0 Å². The van der Waals surface area contributed by atoms with E-state index >= 15 is 0 Å². The van der Waals surface area contributed by atoms with Crippen molar-refractivity contribution in [3.05, 3.63) is 28.8 Å². The molecule has 0 fully saturated rings. The summed E-state index contributed by atoms with van der Waals surface area (Å²) >= 11 is 5.94. The Labute approximate surface area is 107 Å². The number of rotatable bonds is 4. The van der Waals surface area contributed by atoms with Gasteiger partial charge in [0.2, 0.25) is 0 Å². The lowest BCUT2D eigenvalue weighted by atomic mass is 9.96. The fraction of sp³-hybridized carbons (Fsp3) is 0.500. The van der Waals surface area contributed by atoms with E-state index in [4.69, 9.17) is 11.6 Å². The predicted octanol–water partition coefficient (Wildman–Crippen LogP) is 2.21. The van der Waals surface area contributed by atoms with Crippen LogP contribution >= 0.6 is 11.6 Å². The van der Waals surface area contributed by atoms with E-state index in [1.165, 1.54) is 0 Å². The van der Waals surface area contributed by atoms with E-state index in [1.807, 2.05) is 7.05 Å². The Balaban J connectivity index is 2.26. The lowest BCUT2D eigenvalue weighted by Gasteiger charge is -2.09. The highest BCUT2D eigenvalue weighted by atomic mass is 35.5. The van der Waals surface area contributed by atoms with E-state index in [-0.39, 0.29) is 11.7 Å². The van der Waals surface area contributed by atoms with Crippen LogP contribution in [0, 0.1) is 0 Å². The molecule has 1 heterocycles. The van der Waals surface area contributed by atoms with Gasteiger partial charge in [-0.25, -0.2) is 8.42 Å². The van der Waals surface area contributed by atoms with Gasteiger partial charge in [-0.1, -0.05) is 11.6 Å². The van der Waals surface area contributed by atoms with Crippen LogP contribution in [-0.4, -0.2) is 27.8 Å². The van der Waals surface area contributed by atoms with Crippen LogP contribution in [0.25, 0.3) is 0 Å². The second-order valence-electron chi connectivity index (χ2n) is 4.41. The molecule has 1 N–H and O–H groups in total. The minimum Gasteiger partial charge on any atom is -0.320 e. The molecule has 0 bridgehead atoms. The van der Waals surface area contributed by atoms with E-state index in [0.29, 0.717) is 9.92 Å². The van der Waals surface area contributed by atoms with Gasteiger partial charge in [0, 0.05) is 5.02 Å². The van der Waals surface area contributed by atoms with Crippen LogP contribution < -0.4 is 5.32 Å². The van der Waals surface area contributed by atoms with Gasteiger partial charge in [0.1, 0.15) is 0 Å². The average Bonchev–Trinajstić information content (AvgIpc) is 2.51. The maximum atomic E-state index is 11.9. The van der Waals surface area contributed by atoms with Gasteiger partial charge in [-0.2, -0.15) is 0 Å². The molecule has 0 aromatic heterocycles. The van der Waals surface area contributed by atoms with Crippen molar-refractivity contribution >= 4 is 21.4 Å². The van der Waals surface area contributed by atoms with Crippen molar-refractivity contribution in [2.45, 2.75) is 23.7 Å². The van der Waals surface area contributed by atoms with Crippen LogP contribution in [0.1, 0.15) is 24.3 Å². The van der Waals surface area contributed by atoms with Crippen molar-refractivity contribution in [1.82, 2.24) is 5.32 Å². The molecule has 0 spiro atoms. The second-order valence-corrected chi connectivity index (χ2v) is 6.85. The van der Waals surface area contributed by atoms with Gasteiger partial charge in [0.15, 0.2) is 9.84 Å². The number of fused-ring (bicyclic) bond motifs is 1. The molecule has 3 nitrogen and oxygen atoms in total. The molecule has 94 valence electrons. The maximum Gasteiger partial charge on any atom is 0.179 e. The molecule has 0 aliphatic carbocycles. The topological polar surface area (TPSA) is 46.2 Å². The fourth-order valence-electron chi connectivity index (χ4n) is 2.33. The van der Waals surface area contributed by atoms with Crippen molar-refractivity contribution in [1.29, 1.82) is 0 Å². The average molecular weight is 274 g/mol. The van der Waals surface area contributed by atoms with E-state index in [1.54, 1.807) is 18.2 Å². The summed E-state index contributed by atoms with van der Waals surface area (Å²) < 4.78 is 23.9. The molecule has 0 radical (unpaired) electrons. The summed E-state index contributed by atoms with van der Waals surface area (Å²) in [5.41, 5.74) is 0.897. The van der Waals surface area contributed by atoms with E-state index in [0.717, 1.165) is 24.9 Å². The zero-order valence-electron chi connectivity index (χ0n) is 9.74. The van der Waals surface area contributed by atoms with Crippen molar-refractivity contribution in [2.75, 3.05) is 19.3 Å². The smallest absolute Gasteiger partial charge is 0.179 e. The first kappa shape index (κ1) is 12.9. The monoisotopic (exact) mass is 273 g/mol. The van der Waals surface area contributed by atoms with Gasteiger partial charge in [0.25, 0.3) is 0 Å². The van der Waals surface area contributed by atoms with Crippen LogP contribution in [-0.2, 0) is 9.84 Å². The zero-order chi connectivity index (χ0) is 12.5. The van der Waals surface area contributed by atoms with Crippen LogP contribution in [0.15, 0.2) is 23.1 Å². The normalized spacial score (nSPS) is 21.4. The van der Waals surface area contributed by atoms with Gasteiger partial charge in [0.05, 0.1) is 10.6 Å². The molecule has 0 saturated carbocycles. The van der Waals surface area contributed by atoms with E-state index in [9.17, 15) is 8.42 Å². The Bertz CT molecular complexity index is 513. The number of hydrogen-bond donors (Lipinski definition) is 1. The Hall–Kier alpha value is -0.580. The number of halogens is 1. The quantitative estimate of drug-likeness (QED) is 0.856. The number of nitrogens with one attached hydrogen (secondary N) is 1. The van der Waals surface area contributed by atoms with Crippen LogP contribution in [0.4, 0.5) is 0 Å². The molecule has 1 aliphatic rings. The summed E-state index contributed by atoms with van der Waals surface area (Å²) in [5, 5.41) is 3.68. The highest BCUT2D eigenvalue weighted by molar-refractivity contribution is 7.91. The molecule has 1 aromatic carbocycles. The Morgan fingerprint density at radius 3 is 2.94 bits per heavy atom. The van der Waals surface area contributed by atoms with Gasteiger partial charge in [-0.05, 0) is 56.1 Å². The zero-order valence-corrected chi connectivity index (χ0v) is 11.3. The van der Waals surface area contributed by atoms with Crippen LogP contribution in [0.3, 0.4) is 0 Å². The molecule has 1 aromatic rings. The van der Waals surface area contributed by atoms with Crippen LogP contribution in [0.2, 0.25) is 5.02 Å². The summed E-state index contributed by atoms with van der Waals surface area (Å²) in [4.78, 5) is 0.469. The minimum atomic E-state index is -3.09. The molecular weight excluding hydrogens is 258 g/mol. The van der Waals surface area contributed by atoms with Crippen molar-refractivity contribution in [3.63, 3.8) is 0 Å². The first-order valence-electron chi connectivity index (χ1n) is 5.71. The molecule has 1 unspecified atom stereocenters. The molecule has 1 atom stereocenters. The van der Waals surface area contributed by atoms with Crippen molar-refractivity contribution in [3.8, 4) is 0 Å². The SMILES string of the molecule is CNCCCC1CS(=O)(=O)c2ccc(Cl)cc21. The third kappa shape index (κ3) is 2.64. The summed E-state index contributed by atoms with van der Waals surface area (Å²) in [5.74, 6) is 0.328. The Kier molecular flexibility index (Phi) is 3.76. The standard InChI is InChI=1S/C12H16ClNO2S/c1-14-6-2-3-9-8-17(15,16)12-5-4-10(13)7-11(9)12/h4-5,7,9,14H,2-3,6,8H2,1H3. The molecule has 1 aliphatic heterocycles. The highest BCUT2D eigenvalue weighted by Gasteiger charge is 2.34. The summed E-state index contributed by atoms with van der Waals surface area (Å²) in [6.07, 6.45) is 1.86. The Morgan fingerprint density at radius 1 is 1.47 bits per heavy atom. The molecule has 5 heteroatoms. The first-order valence-corrected chi connectivity index (χ1v) is 7.74. The summed E-state index contributed by atoms with van der Waals surface area (Å²) in [6, 6.07) is 5.07. The van der Waals surface area contributed by atoms with E-state index in [2.05, 4.69) is 5.32 Å². The van der Waals surface area contributed by atoms with Gasteiger partial charge < -0.3 is 5.32 Å². The van der Waals surface area contributed by atoms with Crippen LogP contribution in [0.5, 0.6) is 0 Å². The van der Waals surface area contributed by atoms with Gasteiger partial charge >= 0.3 is 0 Å². The lowest BCUT2D eigenvalue weighted by Crippen LogP contribution is -2.10. The number of sulfone groups is 1. The van der Waals surface area contributed by atoms with Crippen molar-refractivity contribution in [2.24, 2.45) is 0 Å². The number of hydrogen-bond acceptors (Lipinski definition) is 3. The summed E-state index contributed by atoms with van der Waals surface area (Å²) in [6.45, 7) is 0.909. The Morgan fingerprint density at radius 2 is 2.24 bits per heavy atom. The highest BCUT2D eigenvalue weighted by Crippen LogP contribution is 2.38. The summed E-state index contributed by atoms with van der Waals surface area (Å²) in [7, 11) is -1.19. The largest absolute Gasteiger partial charge is 0.320 e. The number of benzene rings is 1. The molecule has 0 amide bonds. The molecule has 0 saturated heterocycles. The third-order valence-corrected chi connectivity index (χ3v) is 5.26. The van der Waals surface area contributed by atoms with Crippen molar-refractivity contribution < 1.29 is 8.42 Å². The maximum absolute atomic E-state index is 11.9. The molecule has 2 rings (SSSR count). The second kappa shape index (κ2) is 4.96. The third-order valence-electron chi connectivity index (χ3n) is 3.15.